The number of rotatable bonds is 2. The van der Waals surface area contributed by atoms with Gasteiger partial charge in [0.1, 0.15) is 11.9 Å². The highest BCUT2D eigenvalue weighted by molar-refractivity contribution is 5.58. The minimum absolute atomic E-state index is 0.441. The third-order valence-corrected chi connectivity index (χ3v) is 4.89. The van der Waals surface area contributed by atoms with E-state index in [2.05, 4.69) is 22.0 Å². The molecule has 2 aromatic rings. The van der Waals surface area contributed by atoms with Crippen molar-refractivity contribution in [3.8, 4) is 12.1 Å². The van der Waals surface area contributed by atoms with Gasteiger partial charge in [0, 0.05) is 18.8 Å². The summed E-state index contributed by atoms with van der Waals surface area (Å²) in [5.74, 6) is 0.759. The molecule has 2 heterocycles. The number of aromatic nitrogens is 1. The van der Waals surface area contributed by atoms with Gasteiger partial charge in [-0.1, -0.05) is 30.3 Å². The zero-order valence-corrected chi connectivity index (χ0v) is 14.1. The molecule has 1 aliphatic heterocycles. The van der Waals surface area contributed by atoms with E-state index < -0.39 is 5.41 Å². The average Bonchev–Trinajstić information content (AvgIpc) is 2.62. The maximum absolute atomic E-state index is 9.80. The van der Waals surface area contributed by atoms with E-state index in [1.54, 1.807) is 0 Å². The van der Waals surface area contributed by atoms with E-state index in [4.69, 9.17) is 0 Å². The molecule has 0 radical (unpaired) electrons. The van der Waals surface area contributed by atoms with Crippen LogP contribution in [0.4, 0.5) is 5.82 Å². The molecule has 0 saturated carbocycles. The highest BCUT2D eigenvalue weighted by atomic mass is 15.2. The molecule has 1 aromatic heterocycles. The van der Waals surface area contributed by atoms with Gasteiger partial charge in [-0.15, -0.1) is 0 Å². The lowest BCUT2D eigenvalue weighted by Crippen LogP contribution is -2.42. The quantitative estimate of drug-likeness (QED) is 0.848. The molecule has 0 N–H and O–H groups in total. The van der Waals surface area contributed by atoms with Crippen LogP contribution >= 0.6 is 0 Å². The van der Waals surface area contributed by atoms with E-state index in [1.165, 1.54) is 0 Å². The molecule has 0 bridgehead atoms. The van der Waals surface area contributed by atoms with Crippen molar-refractivity contribution in [3.05, 3.63) is 58.8 Å². The summed E-state index contributed by atoms with van der Waals surface area (Å²) in [5, 5.41) is 19.3. The smallest absolute Gasteiger partial charge is 0.147 e. The van der Waals surface area contributed by atoms with E-state index in [1.807, 2.05) is 50.2 Å². The van der Waals surface area contributed by atoms with Gasteiger partial charge in [0.25, 0.3) is 0 Å². The van der Waals surface area contributed by atoms with Crippen LogP contribution in [-0.4, -0.2) is 18.1 Å². The molecule has 0 aliphatic carbocycles. The zero-order chi connectivity index (χ0) is 17.2. The first-order valence-corrected chi connectivity index (χ1v) is 8.20. The summed E-state index contributed by atoms with van der Waals surface area (Å²) in [5.41, 5.74) is 3.16. The monoisotopic (exact) mass is 316 g/mol. The fourth-order valence-electron chi connectivity index (χ4n) is 3.51. The van der Waals surface area contributed by atoms with Gasteiger partial charge >= 0.3 is 0 Å². The van der Waals surface area contributed by atoms with Gasteiger partial charge in [0.15, 0.2) is 0 Å². The van der Waals surface area contributed by atoms with E-state index in [9.17, 15) is 10.5 Å². The van der Waals surface area contributed by atoms with Crippen LogP contribution in [0.15, 0.2) is 36.4 Å². The summed E-state index contributed by atoms with van der Waals surface area (Å²) in [6.45, 7) is 5.36. The maximum atomic E-state index is 9.80. The Labute approximate surface area is 143 Å². The van der Waals surface area contributed by atoms with Crippen LogP contribution < -0.4 is 4.90 Å². The van der Waals surface area contributed by atoms with Crippen molar-refractivity contribution >= 4 is 5.82 Å². The predicted octanol–water partition coefficient (Wildman–Crippen LogP) is 3.63. The van der Waals surface area contributed by atoms with Gasteiger partial charge in [-0.05, 0) is 43.9 Å². The number of anilines is 1. The van der Waals surface area contributed by atoms with E-state index in [0.29, 0.717) is 5.56 Å². The molecule has 1 saturated heterocycles. The highest BCUT2D eigenvalue weighted by Crippen LogP contribution is 2.36. The standard InChI is InChI=1S/C20H20N4/c1-15-12-16(2)23-19(18(15)13-21)24-10-8-20(14-22,9-11-24)17-6-4-3-5-7-17/h3-7,12H,8-11H2,1-2H3. The lowest BCUT2D eigenvalue weighted by molar-refractivity contribution is 0.414. The lowest BCUT2D eigenvalue weighted by Gasteiger charge is -2.38. The fraction of sp³-hybridized carbons (Fsp3) is 0.350. The summed E-state index contributed by atoms with van der Waals surface area (Å²) >= 11 is 0. The van der Waals surface area contributed by atoms with Crippen LogP contribution in [0.25, 0.3) is 0 Å². The predicted molar refractivity (Wildman–Crippen MR) is 93.6 cm³/mol. The van der Waals surface area contributed by atoms with E-state index in [-0.39, 0.29) is 0 Å². The van der Waals surface area contributed by atoms with Crippen molar-refractivity contribution in [2.45, 2.75) is 32.1 Å². The molecule has 4 heteroatoms. The van der Waals surface area contributed by atoms with Crippen molar-refractivity contribution in [2.75, 3.05) is 18.0 Å². The Morgan fingerprint density at radius 3 is 2.33 bits per heavy atom. The number of nitriles is 2. The Morgan fingerprint density at radius 2 is 1.75 bits per heavy atom. The summed E-state index contributed by atoms with van der Waals surface area (Å²) in [6.07, 6.45) is 1.49. The van der Waals surface area contributed by atoms with Gasteiger partial charge in [-0.2, -0.15) is 10.5 Å². The molecular weight excluding hydrogens is 296 g/mol. The third-order valence-electron chi connectivity index (χ3n) is 4.89. The number of pyridine rings is 1. The Balaban J connectivity index is 1.89. The van der Waals surface area contributed by atoms with Crippen molar-refractivity contribution in [1.29, 1.82) is 10.5 Å². The number of piperidine rings is 1. The average molecular weight is 316 g/mol. The van der Waals surface area contributed by atoms with Gasteiger partial charge in [0.05, 0.1) is 17.0 Å². The first-order chi connectivity index (χ1) is 11.6. The highest BCUT2D eigenvalue weighted by Gasteiger charge is 2.37. The van der Waals surface area contributed by atoms with Crippen LogP contribution in [-0.2, 0) is 5.41 Å². The second-order valence-corrected chi connectivity index (χ2v) is 6.44. The number of nitrogens with zero attached hydrogens (tertiary/aromatic N) is 4. The molecule has 120 valence electrons. The first-order valence-electron chi connectivity index (χ1n) is 8.20. The van der Waals surface area contributed by atoms with Crippen LogP contribution in [0.1, 0.15) is 35.2 Å². The Hall–Kier alpha value is -2.85. The molecule has 1 fully saturated rings. The van der Waals surface area contributed by atoms with Crippen LogP contribution in [0, 0.1) is 36.5 Å². The molecule has 1 aliphatic rings. The fourth-order valence-corrected chi connectivity index (χ4v) is 3.51. The lowest BCUT2D eigenvalue weighted by atomic mass is 9.74. The molecule has 0 atom stereocenters. The van der Waals surface area contributed by atoms with Crippen molar-refractivity contribution in [3.63, 3.8) is 0 Å². The zero-order valence-electron chi connectivity index (χ0n) is 14.1. The van der Waals surface area contributed by atoms with Gasteiger partial charge < -0.3 is 4.90 Å². The van der Waals surface area contributed by atoms with Gasteiger partial charge in [-0.3, -0.25) is 0 Å². The van der Waals surface area contributed by atoms with Crippen molar-refractivity contribution in [1.82, 2.24) is 4.98 Å². The normalized spacial score (nSPS) is 16.2. The number of benzene rings is 1. The molecule has 0 spiro atoms. The Kier molecular flexibility index (Phi) is 4.23. The van der Waals surface area contributed by atoms with Gasteiger partial charge in [0.2, 0.25) is 0 Å². The van der Waals surface area contributed by atoms with E-state index in [0.717, 1.165) is 48.6 Å². The third kappa shape index (κ3) is 2.72. The molecule has 24 heavy (non-hydrogen) atoms. The minimum Gasteiger partial charge on any atom is -0.355 e. The Morgan fingerprint density at radius 1 is 1.08 bits per heavy atom. The summed E-state index contributed by atoms with van der Waals surface area (Å²) in [6, 6.07) is 16.8. The van der Waals surface area contributed by atoms with Crippen LogP contribution in [0.3, 0.4) is 0 Å². The van der Waals surface area contributed by atoms with Crippen LogP contribution in [0.2, 0.25) is 0 Å². The molecule has 3 rings (SSSR count). The number of hydrogen-bond donors (Lipinski definition) is 0. The summed E-state index contributed by atoms with van der Waals surface area (Å²) in [4.78, 5) is 6.75. The molecule has 0 unspecified atom stereocenters. The molecule has 4 nitrogen and oxygen atoms in total. The number of hydrogen-bond acceptors (Lipinski definition) is 4. The SMILES string of the molecule is Cc1cc(C)c(C#N)c(N2CCC(C#N)(c3ccccc3)CC2)n1. The molecular formula is C20H20N4. The maximum Gasteiger partial charge on any atom is 0.147 e. The van der Waals surface area contributed by atoms with Gasteiger partial charge in [-0.25, -0.2) is 4.98 Å². The van der Waals surface area contributed by atoms with Crippen molar-refractivity contribution < 1.29 is 0 Å². The second-order valence-electron chi connectivity index (χ2n) is 6.44. The summed E-state index contributed by atoms with van der Waals surface area (Å²) in [7, 11) is 0. The molecule has 1 aromatic carbocycles. The second kappa shape index (κ2) is 6.34. The molecule has 0 amide bonds. The minimum atomic E-state index is -0.441. The first kappa shape index (κ1) is 16.0. The topological polar surface area (TPSA) is 63.7 Å². The Bertz CT molecular complexity index is 819. The summed E-state index contributed by atoms with van der Waals surface area (Å²) < 4.78 is 0. The number of aryl methyl sites for hydroxylation is 2. The van der Waals surface area contributed by atoms with Crippen molar-refractivity contribution in [2.24, 2.45) is 0 Å². The van der Waals surface area contributed by atoms with E-state index >= 15 is 0 Å². The largest absolute Gasteiger partial charge is 0.355 e. The van der Waals surface area contributed by atoms with Crippen LogP contribution in [0.5, 0.6) is 0 Å².